The first-order valence-electron chi connectivity index (χ1n) is 13.5. The molecule has 0 saturated carbocycles. The minimum atomic E-state index is -4.30. The highest BCUT2D eigenvalue weighted by Crippen LogP contribution is 2.33. The molecule has 0 saturated heterocycles. The van der Waals surface area contributed by atoms with E-state index in [1.54, 1.807) is 49.4 Å². The molecule has 11 heteroatoms. The summed E-state index contributed by atoms with van der Waals surface area (Å²) in [7, 11) is -4.30. The third kappa shape index (κ3) is 8.09. The van der Waals surface area contributed by atoms with Crippen molar-refractivity contribution >= 4 is 62.3 Å². The lowest BCUT2D eigenvalue weighted by atomic mass is 10.0. The van der Waals surface area contributed by atoms with E-state index in [0.717, 1.165) is 9.87 Å². The summed E-state index contributed by atoms with van der Waals surface area (Å²) in [5.41, 5.74) is 1.45. The Balaban J connectivity index is 1.83. The van der Waals surface area contributed by atoms with Crippen LogP contribution in [0.5, 0.6) is 0 Å². The van der Waals surface area contributed by atoms with Crippen molar-refractivity contribution in [3.8, 4) is 0 Å². The highest BCUT2D eigenvalue weighted by molar-refractivity contribution is 7.92. The SMILES string of the molecule is CCNC(=O)[C@H](Cc1ccccc1)N(Cc1ccccc1Cl)C(=O)CN(c1cc(Cl)ccc1Cl)S(=O)(=O)c1ccccc1. The summed E-state index contributed by atoms with van der Waals surface area (Å²) in [6.07, 6.45) is 0.187. The minimum absolute atomic E-state index is 0.0293. The molecule has 0 heterocycles. The summed E-state index contributed by atoms with van der Waals surface area (Å²) < 4.78 is 29.0. The Morgan fingerprint density at radius 2 is 1.44 bits per heavy atom. The number of nitrogens with one attached hydrogen (secondary N) is 1. The largest absolute Gasteiger partial charge is 0.355 e. The van der Waals surface area contributed by atoms with Gasteiger partial charge in [0.2, 0.25) is 11.8 Å². The summed E-state index contributed by atoms with van der Waals surface area (Å²) in [6, 6.07) is 27.4. The lowest BCUT2D eigenvalue weighted by Gasteiger charge is -2.34. The van der Waals surface area contributed by atoms with Gasteiger partial charge in [-0.3, -0.25) is 13.9 Å². The number of carbonyl (C=O) groups is 2. The Morgan fingerprint density at radius 1 is 0.814 bits per heavy atom. The maximum Gasteiger partial charge on any atom is 0.264 e. The number of sulfonamides is 1. The fourth-order valence-electron chi connectivity index (χ4n) is 4.57. The Hall–Kier alpha value is -3.56. The monoisotopic (exact) mass is 657 g/mol. The Labute approximate surface area is 267 Å². The number of hydrogen-bond donors (Lipinski definition) is 1. The van der Waals surface area contributed by atoms with Crippen molar-refractivity contribution in [1.82, 2.24) is 10.2 Å². The Kier molecular flexibility index (Phi) is 11.1. The van der Waals surface area contributed by atoms with E-state index in [0.29, 0.717) is 17.1 Å². The second-order valence-electron chi connectivity index (χ2n) is 9.63. The van der Waals surface area contributed by atoms with E-state index in [9.17, 15) is 18.0 Å². The average Bonchev–Trinajstić information content (AvgIpc) is 3.00. The van der Waals surface area contributed by atoms with Crippen molar-refractivity contribution < 1.29 is 18.0 Å². The summed E-state index contributed by atoms with van der Waals surface area (Å²) in [4.78, 5) is 29.2. The number of nitrogens with zero attached hydrogens (tertiary/aromatic N) is 2. The highest BCUT2D eigenvalue weighted by Gasteiger charge is 2.35. The van der Waals surface area contributed by atoms with Crippen molar-refractivity contribution in [2.24, 2.45) is 0 Å². The Morgan fingerprint density at radius 3 is 2.09 bits per heavy atom. The topological polar surface area (TPSA) is 86.8 Å². The average molecular weight is 659 g/mol. The zero-order chi connectivity index (χ0) is 31.0. The molecule has 1 N–H and O–H groups in total. The van der Waals surface area contributed by atoms with Crippen LogP contribution in [0.3, 0.4) is 0 Å². The summed E-state index contributed by atoms with van der Waals surface area (Å²) in [6.45, 7) is 1.42. The maximum atomic E-state index is 14.4. The number of halogens is 3. The van der Waals surface area contributed by atoms with E-state index >= 15 is 0 Å². The molecule has 224 valence electrons. The summed E-state index contributed by atoms with van der Waals surface area (Å²) >= 11 is 19.2. The van der Waals surface area contributed by atoms with E-state index in [1.165, 1.54) is 35.2 Å². The molecule has 0 fully saturated rings. The van der Waals surface area contributed by atoms with Gasteiger partial charge in [0.05, 0.1) is 15.6 Å². The van der Waals surface area contributed by atoms with E-state index in [1.807, 2.05) is 30.3 Å². The fraction of sp³-hybridized carbons (Fsp3) is 0.188. The molecule has 0 aliphatic heterocycles. The van der Waals surface area contributed by atoms with Crippen LogP contribution in [0.4, 0.5) is 5.69 Å². The van der Waals surface area contributed by atoms with Gasteiger partial charge in [-0.2, -0.15) is 0 Å². The van der Waals surface area contributed by atoms with Crippen LogP contribution in [-0.2, 0) is 32.6 Å². The second-order valence-corrected chi connectivity index (χ2v) is 12.7. The molecule has 1 atom stereocenters. The van der Waals surface area contributed by atoms with E-state index in [-0.39, 0.29) is 39.5 Å². The number of benzene rings is 4. The van der Waals surface area contributed by atoms with Crippen LogP contribution < -0.4 is 9.62 Å². The molecule has 4 aromatic carbocycles. The fourth-order valence-corrected chi connectivity index (χ4v) is 6.64. The molecule has 7 nitrogen and oxygen atoms in total. The molecule has 0 spiro atoms. The normalized spacial score (nSPS) is 11.9. The third-order valence-corrected chi connectivity index (χ3v) is 9.40. The first-order valence-corrected chi connectivity index (χ1v) is 16.1. The standard InChI is InChI=1S/C32H30Cl3N3O4S/c1-2-36-32(40)30(19-23-11-5-3-6-12-23)37(21-24-13-9-10-16-27(24)34)31(39)22-38(29-20-25(33)17-18-28(29)35)43(41,42)26-14-7-4-8-15-26/h3-18,20,30H,2,19,21-22H2,1H3,(H,36,40)/t30-/m0/s1. The van der Waals surface area contributed by atoms with Crippen LogP contribution in [0.1, 0.15) is 18.1 Å². The first-order chi connectivity index (χ1) is 20.6. The van der Waals surface area contributed by atoms with Gasteiger partial charge in [-0.1, -0.05) is 102 Å². The zero-order valence-corrected chi connectivity index (χ0v) is 26.4. The molecule has 4 rings (SSSR count). The molecule has 0 aliphatic carbocycles. The predicted molar refractivity (Wildman–Crippen MR) is 172 cm³/mol. The summed E-state index contributed by atoms with van der Waals surface area (Å²) in [5, 5.41) is 3.54. The van der Waals surface area contributed by atoms with Gasteiger partial charge in [0.25, 0.3) is 10.0 Å². The van der Waals surface area contributed by atoms with E-state index in [2.05, 4.69) is 5.32 Å². The van der Waals surface area contributed by atoms with Gasteiger partial charge in [0, 0.05) is 29.6 Å². The van der Waals surface area contributed by atoms with Gasteiger partial charge in [-0.15, -0.1) is 0 Å². The van der Waals surface area contributed by atoms with Crippen molar-refractivity contribution in [1.29, 1.82) is 0 Å². The number of anilines is 1. The van der Waals surface area contributed by atoms with E-state index < -0.39 is 28.5 Å². The Bertz CT molecular complexity index is 1670. The van der Waals surface area contributed by atoms with Crippen LogP contribution in [0, 0.1) is 0 Å². The summed E-state index contributed by atoms with van der Waals surface area (Å²) in [5.74, 6) is -1.02. The van der Waals surface area contributed by atoms with Crippen LogP contribution >= 0.6 is 34.8 Å². The third-order valence-electron chi connectivity index (χ3n) is 6.71. The molecular weight excluding hydrogens is 629 g/mol. The van der Waals surface area contributed by atoms with Crippen LogP contribution in [-0.4, -0.2) is 44.3 Å². The quantitative estimate of drug-likeness (QED) is 0.185. The molecule has 0 radical (unpaired) electrons. The smallest absolute Gasteiger partial charge is 0.264 e. The molecule has 2 amide bonds. The highest BCUT2D eigenvalue weighted by atomic mass is 35.5. The molecule has 0 aliphatic rings. The van der Waals surface area contributed by atoms with Gasteiger partial charge in [0.1, 0.15) is 12.6 Å². The number of hydrogen-bond acceptors (Lipinski definition) is 4. The van der Waals surface area contributed by atoms with Gasteiger partial charge in [-0.25, -0.2) is 8.42 Å². The predicted octanol–water partition coefficient (Wildman–Crippen LogP) is 6.62. The van der Waals surface area contributed by atoms with Crippen molar-refractivity contribution in [3.63, 3.8) is 0 Å². The van der Waals surface area contributed by atoms with Crippen LogP contribution in [0.2, 0.25) is 15.1 Å². The van der Waals surface area contributed by atoms with Crippen LogP contribution in [0.25, 0.3) is 0 Å². The lowest BCUT2D eigenvalue weighted by molar-refractivity contribution is -0.140. The zero-order valence-electron chi connectivity index (χ0n) is 23.3. The molecule has 43 heavy (non-hydrogen) atoms. The maximum absolute atomic E-state index is 14.4. The number of likely N-dealkylation sites (N-methyl/N-ethyl adjacent to an activating group) is 1. The van der Waals surface area contributed by atoms with Crippen molar-refractivity contribution in [2.75, 3.05) is 17.4 Å². The van der Waals surface area contributed by atoms with E-state index in [4.69, 9.17) is 34.8 Å². The molecular formula is C32H30Cl3N3O4S. The second kappa shape index (κ2) is 14.8. The number of rotatable bonds is 12. The number of carbonyl (C=O) groups excluding carboxylic acids is 2. The van der Waals surface area contributed by atoms with Gasteiger partial charge < -0.3 is 10.2 Å². The first kappa shape index (κ1) is 32.4. The molecule has 0 bridgehead atoms. The molecule has 0 unspecified atom stereocenters. The molecule has 4 aromatic rings. The van der Waals surface area contributed by atoms with Crippen molar-refractivity contribution in [3.05, 3.63) is 129 Å². The van der Waals surface area contributed by atoms with Gasteiger partial charge in [0.15, 0.2) is 0 Å². The van der Waals surface area contributed by atoms with Crippen molar-refractivity contribution in [2.45, 2.75) is 30.8 Å². The lowest BCUT2D eigenvalue weighted by Crippen LogP contribution is -2.53. The van der Waals surface area contributed by atoms with Gasteiger partial charge >= 0.3 is 0 Å². The van der Waals surface area contributed by atoms with Crippen LogP contribution in [0.15, 0.2) is 108 Å². The molecule has 0 aromatic heterocycles. The van der Waals surface area contributed by atoms with Gasteiger partial charge in [-0.05, 0) is 54.4 Å². The number of amides is 2. The minimum Gasteiger partial charge on any atom is -0.355 e.